The maximum atomic E-state index is 10.7. The number of carbonyl (C=O) groups is 1. The van der Waals surface area contributed by atoms with E-state index in [4.69, 9.17) is 33.0 Å². The van der Waals surface area contributed by atoms with Crippen molar-refractivity contribution in [3.05, 3.63) is 69.1 Å². The normalized spacial score (nSPS) is 10.6. The Hall–Kier alpha value is -2.08. The van der Waals surface area contributed by atoms with Gasteiger partial charge in [0.25, 0.3) is 0 Å². The minimum Gasteiger partial charge on any atom is -0.489 e. The molecule has 3 aromatic rings. The van der Waals surface area contributed by atoms with Crippen molar-refractivity contribution in [3.8, 4) is 16.3 Å². The van der Waals surface area contributed by atoms with E-state index in [1.807, 2.05) is 30.3 Å². The van der Waals surface area contributed by atoms with Crippen LogP contribution in [0.3, 0.4) is 0 Å². The van der Waals surface area contributed by atoms with E-state index in [0.717, 1.165) is 21.9 Å². The number of carboxylic acid groups (broad SMARTS) is 1. The molecule has 4 nitrogen and oxygen atoms in total. The first-order valence-electron chi connectivity index (χ1n) is 7.34. The zero-order valence-corrected chi connectivity index (χ0v) is 15.2. The van der Waals surface area contributed by atoms with Gasteiger partial charge in [0.1, 0.15) is 17.4 Å². The van der Waals surface area contributed by atoms with Crippen molar-refractivity contribution in [1.82, 2.24) is 4.98 Å². The highest BCUT2D eigenvalue weighted by Crippen LogP contribution is 2.27. The molecule has 0 radical (unpaired) electrons. The number of carboxylic acids is 1. The summed E-state index contributed by atoms with van der Waals surface area (Å²) < 4.78 is 5.74. The molecule has 0 amide bonds. The second-order valence-electron chi connectivity index (χ2n) is 5.28. The Kier molecular flexibility index (Phi) is 5.58. The molecule has 0 aliphatic carbocycles. The first kappa shape index (κ1) is 17.7. The molecule has 0 unspecified atom stereocenters. The quantitative estimate of drug-likeness (QED) is 0.615. The van der Waals surface area contributed by atoms with Gasteiger partial charge < -0.3 is 9.84 Å². The molecule has 0 saturated heterocycles. The maximum absolute atomic E-state index is 10.7. The molecule has 0 aliphatic heterocycles. The number of nitrogens with zero attached hydrogens (tertiary/aromatic N) is 1. The number of thiazole rings is 1. The molecule has 7 heteroatoms. The van der Waals surface area contributed by atoms with Crippen molar-refractivity contribution in [2.24, 2.45) is 0 Å². The standard InChI is InChI=1S/C18H13Cl2NO3S/c19-15-6-1-11(7-16(15)20)9-24-14-4-2-12(3-5-14)18-21-13(10-25-18)8-17(22)23/h1-7,10H,8-9H2,(H,22,23). The highest BCUT2D eigenvalue weighted by molar-refractivity contribution is 7.13. The highest BCUT2D eigenvalue weighted by atomic mass is 35.5. The Morgan fingerprint density at radius 2 is 1.88 bits per heavy atom. The number of aliphatic carboxylic acids is 1. The number of halogens is 2. The van der Waals surface area contributed by atoms with Crippen molar-refractivity contribution < 1.29 is 14.6 Å². The zero-order chi connectivity index (χ0) is 17.8. The molecule has 0 saturated carbocycles. The fourth-order valence-corrected chi connectivity index (χ4v) is 3.31. The largest absolute Gasteiger partial charge is 0.489 e. The molecule has 0 atom stereocenters. The van der Waals surface area contributed by atoms with Crippen LogP contribution in [0.4, 0.5) is 0 Å². The van der Waals surface area contributed by atoms with Crippen LogP contribution in [0.25, 0.3) is 10.6 Å². The van der Waals surface area contributed by atoms with Gasteiger partial charge in [-0.1, -0.05) is 29.3 Å². The predicted molar refractivity (Wildman–Crippen MR) is 99.7 cm³/mol. The van der Waals surface area contributed by atoms with Crippen LogP contribution in [0.2, 0.25) is 10.0 Å². The van der Waals surface area contributed by atoms with E-state index in [-0.39, 0.29) is 6.42 Å². The third-order valence-corrected chi connectivity index (χ3v) is 5.05. The molecule has 1 aromatic heterocycles. The summed E-state index contributed by atoms with van der Waals surface area (Å²) >= 11 is 13.3. The van der Waals surface area contributed by atoms with E-state index in [1.54, 1.807) is 17.5 Å². The lowest BCUT2D eigenvalue weighted by Crippen LogP contribution is -1.99. The number of aromatic nitrogens is 1. The van der Waals surface area contributed by atoms with Crippen LogP contribution in [-0.4, -0.2) is 16.1 Å². The zero-order valence-electron chi connectivity index (χ0n) is 12.9. The summed E-state index contributed by atoms with van der Waals surface area (Å²) in [7, 11) is 0. The summed E-state index contributed by atoms with van der Waals surface area (Å²) in [5.41, 5.74) is 2.41. The number of hydrogen-bond acceptors (Lipinski definition) is 4. The van der Waals surface area contributed by atoms with E-state index in [1.165, 1.54) is 11.3 Å². The van der Waals surface area contributed by atoms with Crippen molar-refractivity contribution in [2.75, 3.05) is 0 Å². The van der Waals surface area contributed by atoms with Crippen molar-refractivity contribution in [3.63, 3.8) is 0 Å². The molecule has 3 rings (SSSR count). The molecule has 0 aliphatic rings. The molecule has 0 fully saturated rings. The third-order valence-electron chi connectivity index (χ3n) is 3.37. The molecule has 2 aromatic carbocycles. The number of rotatable bonds is 6. The van der Waals surface area contributed by atoms with Gasteiger partial charge in [-0.05, 0) is 42.0 Å². The average Bonchev–Trinajstić information content (AvgIpc) is 3.04. The fraction of sp³-hybridized carbons (Fsp3) is 0.111. The minimum absolute atomic E-state index is 0.0681. The Labute approximate surface area is 158 Å². The smallest absolute Gasteiger partial charge is 0.309 e. The van der Waals surface area contributed by atoms with Crippen LogP contribution in [-0.2, 0) is 17.8 Å². The second-order valence-corrected chi connectivity index (χ2v) is 6.95. The first-order valence-corrected chi connectivity index (χ1v) is 8.98. The summed E-state index contributed by atoms with van der Waals surface area (Å²) in [5.74, 6) is -0.167. The summed E-state index contributed by atoms with van der Waals surface area (Å²) in [6.07, 6.45) is -0.0681. The fourth-order valence-electron chi connectivity index (χ4n) is 2.17. The Bertz CT molecular complexity index is 894. The van der Waals surface area contributed by atoms with Crippen molar-refractivity contribution in [1.29, 1.82) is 0 Å². The summed E-state index contributed by atoms with van der Waals surface area (Å²) in [4.78, 5) is 15.1. The summed E-state index contributed by atoms with van der Waals surface area (Å²) in [6, 6.07) is 12.9. The van der Waals surface area contributed by atoms with Gasteiger partial charge in [0, 0.05) is 10.9 Å². The van der Waals surface area contributed by atoms with Gasteiger partial charge in [-0.3, -0.25) is 4.79 Å². The van der Waals surface area contributed by atoms with Gasteiger partial charge in [-0.15, -0.1) is 11.3 Å². The number of benzene rings is 2. The second kappa shape index (κ2) is 7.87. The monoisotopic (exact) mass is 393 g/mol. The lowest BCUT2D eigenvalue weighted by molar-refractivity contribution is -0.136. The van der Waals surface area contributed by atoms with Crippen LogP contribution in [0.15, 0.2) is 47.8 Å². The molecule has 1 heterocycles. The molecular weight excluding hydrogens is 381 g/mol. The van der Waals surface area contributed by atoms with Gasteiger partial charge in [-0.2, -0.15) is 0 Å². The van der Waals surface area contributed by atoms with Crippen LogP contribution in [0.1, 0.15) is 11.3 Å². The van der Waals surface area contributed by atoms with Crippen molar-refractivity contribution >= 4 is 40.5 Å². The minimum atomic E-state index is -0.886. The molecule has 25 heavy (non-hydrogen) atoms. The van der Waals surface area contributed by atoms with E-state index >= 15 is 0 Å². The highest BCUT2D eigenvalue weighted by Gasteiger charge is 2.08. The summed E-state index contributed by atoms with van der Waals surface area (Å²) in [5, 5.41) is 12.4. The van der Waals surface area contributed by atoms with Crippen LogP contribution < -0.4 is 4.74 Å². The topological polar surface area (TPSA) is 59.4 Å². The van der Waals surface area contributed by atoms with E-state index in [9.17, 15) is 4.79 Å². The predicted octanol–water partition coefficient (Wildman–Crippen LogP) is 5.32. The van der Waals surface area contributed by atoms with E-state index in [2.05, 4.69) is 4.98 Å². The lowest BCUT2D eigenvalue weighted by Gasteiger charge is -2.07. The Morgan fingerprint density at radius 1 is 1.12 bits per heavy atom. The van der Waals surface area contributed by atoms with Gasteiger partial charge in [0.2, 0.25) is 0 Å². The van der Waals surface area contributed by atoms with Crippen LogP contribution in [0, 0.1) is 0 Å². The molecular formula is C18H13Cl2NO3S. The Morgan fingerprint density at radius 3 is 2.56 bits per heavy atom. The van der Waals surface area contributed by atoms with E-state index < -0.39 is 5.97 Å². The van der Waals surface area contributed by atoms with Gasteiger partial charge in [0.15, 0.2) is 0 Å². The van der Waals surface area contributed by atoms with Gasteiger partial charge in [-0.25, -0.2) is 4.98 Å². The number of ether oxygens (including phenoxy) is 1. The first-order chi connectivity index (χ1) is 12.0. The molecule has 0 spiro atoms. The maximum Gasteiger partial charge on any atom is 0.309 e. The molecule has 128 valence electrons. The van der Waals surface area contributed by atoms with Crippen LogP contribution in [0.5, 0.6) is 5.75 Å². The third kappa shape index (κ3) is 4.72. The lowest BCUT2D eigenvalue weighted by atomic mass is 10.2. The van der Waals surface area contributed by atoms with E-state index in [0.29, 0.717) is 22.3 Å². The average molecular weight is 394 g/mol. The molecule has 0 bridgehead atoms. The number of hydrogen-bond donors (Lipinski definition) is 1. The van der Waals surface area contributed by atoms with Crippen molar-refractivity contribution in [2.45, 2.75) is 13.0 Å². The Balaban J connectivity index is 1.64. The van der Waals surface area contributed by atoms with Crippen LogP contribution >= 0.6 is 34.5 Å². The van der Waals surface area contributed by atoms with Gasteiger partial charge >= 0.3 is 5.97 Å². The SMILES string of the molecule is O=C(O)Cc1csc(-c2ccc(OCc3ccc(Cl)c(Cl)c3)cc2)n1. The summed E-state index contributed by atoms with van der Waals surface area (Å²) in [6.45, 7) is 0.385. The van der Waals surface area contributed by atoms with Gasteiger partial charge in [0.05, 0.1) is 22.2 Å². The molecule has 1 N–H and O–H groups in total.